The molecule has 0 spiro atoms. The Labute approximate surface area is 87.7 Å². The smallest absolute Gasteiger partial charge is 0.219 e. The quantitative estimate of drug-likeness (QED) is 0.681. The highest BCUT2D eigenvalue weighted by atomic mass is 16.2. The van der Waals surface area contributed by atoms with Crippen LogP contribution in [0.1, 0.15) is 46.5 Å². The first kappa shape index (κ1) is 11.5. The van der Waals surface area contributed by atoms with Crippen LogP contribution in [0.3, 0.4) is 0 Å². The molecule has 2 heteroatoms. The van der Waals surface area contributed by atoms with Crippen LogP contribution in [0.5, 0.6) is 0 Å². The topological polar surface area (TPSA) is 20.3 Å². The molecule has 0 radical (unpaired) electrons. The van der Waals surface area contributed by atoms with Crippen molar-refractivity contribution in [2.75, 3.05) is 13.1 Å². The Balaban J connectivity index is 2.38. The van der Waals surface area contributed by atoms with E-state index in [9.17, 15) is 4.79 Å². The minimum atomic E-state index is 0.244. The normalized spacial score (nSPS) is 19.0. The molecule has 14 heavy (non-hydrogen) atoms. The maximum atomic E-state index is 11.1. The van der Waals surface area contributed by atoms with Crippen LogP contribution < -0.4 is 0 Å². The van der Waals surface area contributed by atoms with E-state index >= 15 is 0 Å². The van der Waals surface area contributed by atoms with Gasteiger partial charge in [-0.25, -0.2) is 0 Å². The molecule has 1 aliphatic heterocycles. The van der Waals surface area contributed by atoms with Crippen molar-refractivity contribution in [1.82, 2.24) is 4.90 Å². The molecule has 0 N–H and O–H groups in total. The van der Waals surface area contributed by atoms with Gasteiger partial charge in [-0.1, -0.05) is 26.7 Å². The molecular formula is C12H23NO. The molecule has 1 saturated heterocycles. The van der Waals surface area contributed by atoms with Crippen molar-refractivity contribution < 1.29 is 4.79 Å². The minimum absolute atomic E-state index is 0.244. The maximum absolute atomic E-state index is 11.1. The summed E-state index contributed by atoms with van der Waals surface area (Å²) < 4.78 is 0. The van der Waals surface area contributed by atoms with Gasteiger partial charge < -0.3 is 4.90 Å². The summed E-state index contributed by atoms with van der Waals surface area (Å²) in [7, 11) is 0. The largest absolute Gasteiger partial charge is 0.343 e. The molecule has 0 aromatic heterocycles. The molecule has 0 bridgehead atoms. The van der Waals surface area contributed by atoms with Crippen LogP contribution >= 0.6 is 0 Å². The molecule has 1 heterocycles. The van der Waals surface area contributed by atoms with E-state index in [1.165, 1.54) is 25.7 Å². The summed E-state index contributed by atoms with van der Waals surface area (Å²) in [5, 5.41) is 0. The summed E-state index contributed by atoms with van der Waals surface area (Å²) >= 11 is 0. The second kappa shape index (κ2) is 5.38. The zero-order valence-electron chi connectivity index (χ0n) is 9.75. The van der Waals surface area contributed by atoms with Crippen molar-refractivity contribution in [3.05, 3.63) is 0 Å². The Hall–Kier alpha value is -0.530. The van der Waals surface area contributed by atoms with E-state index in [4.69, 9.17) is 0 Å². The van der Waals surface area contributed by atoms with E-state index in [2.05, 4.69) is 13.8 Å². The average Bonchev–Trinajstić information content (AvgIpc) is 2.20. The van der Waals surface area contributed by atoms with Gasteiger partial charge in [0.05, 0.1) is 0 Å². The predicted molar refractivity (Wildman–Crippen MR) is 59.1 cm³/mol. The SMILES string of the molecule is CCC(CC)C1CCN(C(C)=O)CC1. The minimum Gasteiger partial charge on any atom is -0.343 e. The molecule has 1 rings (SSSR count). The fourth-order valence-electron chi connectivity index (χ4n) is 2.64. The van der Waals surface area contributed by atoms with Crippen LogP contribution in [-0.2, 0) is 4.79 Å². The second-order valence-electron chi connectivity index (χ2n) is 4.42. The van der Waals surface area contributed by atoms with E-state index in [-0.39, 0.29) is 5.91 Å². The number of hydrogen-bond donors (Lipinski definition) is 0. The van der Waals surface area contributed by atoms with E-state index in [0.29, 0.717) is 0 Å². The zero-order chi connectivity index (χ0) is 10.6. The number of likely N-dealkylation sites (tertiary alicyclic amines) is 1. The van der Waals surface area contributed by atoms with Crippen LogP contribution in [0.15, 0.2) is 0 Å². The van der Waals surface area contributed by atoms with Gasteiger partial charge in [0.15, 0.2) is 0 Å². The number of amides is 1. The van der Waals surface area contributed by atoms with Gasteiger partial charge in [0, 0.05) is 20.0 Å². The summed E-state index contributed by atoms with van der Waals surface area (Å²) in [6.07, 6.45) is 5.01. The van der Waals surface area contributed by atoms with E-state index < -0.39 is 0 Å². The van der Waals surface area contributed by atoms with Gasteiger partial charge in [-0.2, -0.15) is 0 Å². The van der Waals surface area contributed by atoms with Crippen molar-refractivity contribution in [2.24, 2.45) is 11.8 Å². The van der Waals surface area contributed by atoms with Crippen molar-refractivity contribution in [3.63, 3.8) is 0 Å². The van der Waals surface area contributed by atoms with Gasteiger partial charge in [0.25, 0.3) is 0 Å². The highest BCUT2D eigenvalue weighted by Crippen LogP contribution is 2.29. The molecule has 1 fully saturated rings. The molecule has 0 saturated carbocycles. The number of piperidine rings is 1. The first-order chi connectivity index (χ1) is 6.69. The molecule has 0 aromatic carbocycles. The lowest BCUT2D eigenvalue weighted by atomic mass is 9.81. The van der Waals surface area contributed by atoms with Crippen molar-refractivity contribution in [3.8, 4) is 0 Å². The molecule has 1 aliphatic rings. The number of hydrogen-bond acceptors (Lipinski definition) is 1. The number of nitrogens with zero attached hydrogens (tertiary/aromatic N) is 1. The van der Waals surface area contributed by atoms with Crippen LogP contribution in [0.2, 0.25) is 0 Å². The Bertz CT molecular complexity index is 179. The summed E-state index contributed by atoms with van der Waals surface area (Å²) in [6.45, 7) is 8.21. The Morgan fingerprint density at radius 2 is 1.79 bits per heavy atom. The summed E-state index contributed by atoms with van der Waals surface area (Å²) in [5.74, 6) is 1.98. The van der Waals surface area contributed by atoms with Crippen LogP contribution in [0.4, 0.5) is 0 Å². The van der Waals surface area contributed by atoms with Crippen LogP contribution in [0, 0.1) is 11.8 Å². The first-order valence-corrected chi connectivity index (χ1v) is 5.94. The second-order valence-corrected chi connectivity index (χ2v) is 4.42. The molecule has 1 amide bonds. The molecule has 2 nitrogen and oxygen atoms in total. The Morgan fingerprint density at radius 3 is 2.14 bits per heavy atom. The Kier molecular flexibility index (Phi) is 4.43. The molecule has 0 atom stereocenters. The van der Waals surface area contributed by atoms with Gasteiger partial charge in [-0.05, 0) is 24.7 Å². The van der Waals surface area contributed by atoms with Crippen molar-refractivity contribution in [2.45, 2.75) is 46.5 Å². The molecule has 82 valence electrons. The molecule has 0 aliphatic carbocycles. The number of rotatable bonds is 3. The fourth-order valence-corrected chi connectivity index (χ4v) is 2.64. The molecular weight excluding hydrogens is 174 g/mol. The van der Waals surface area contributed by atoms with Crippen molar-refractivity contribution >= 4 is 5.91 Å². The van der Waals surface area contributed by atoms with E-state index in [1.807, 2.05) is 4.90 Å². The molecule has 0 aromatic rings. The maximum Gasteiger partial charge on any atom is 0.219 e. The lowest BCUT2D eigenvalue weighted by Crippen LogP contribution is -2.38. The monoisotopic (exact) mass is 197 g/mol. The average molecular weight is 197 g/mol. The van der Waals surface area contributed by atoms with Gasteiger partial charge in [0.2, 0.25) is 5.91 Å². The van der Waals surface area contributed by atoms with Crippen molar-refractivity contribution in [1.29, 1.82) is 0 Å². The lowest BCUT2D eigenvalue weighted by molar-refractivity contribution is -0.130. The van der Waals surface area contributed by atoms with E-state index in [0.717, 1.165) is 24.9 Å². The molecule has 0 unspecified atom stereocenters. The lowest BCUT2D eigenvalue weighted by Gasteiger charge is -2.35. The highest BCUT2D eigenvalue weighted by molar-refractivity contribution is 5.73. The standard InChI is InChI=1S/C12H23NO/c1-4-11(5-2)12-6-8-13(9-7-12)10(3)14/h11-12H,4-9H2,1-3H3. The zero-order valence-corrected chi connectivity index (χ0v) is 9.75. The first-order valence-electron chi connectivity index (χ1n) is 5.94. The summed E-state index contributed by atoms with van der Waals surface area (Å²) in [5.41, 5.74) is 0. The third kappa shape index (κ3) is 2.73. The Morgan fingerprint density at radius 1 is 1.29 bits per heavy atom. The summed E-state index contributed by atoms with van der Waals surface area (Å²) in [4.78, 5) is 13.1. The summed E-state index contributed by atoms with van der Waals surface area (Å²) in [6, 6.07) is 0. The third-order valence-electron chi connectivity index (χ3n) is 3.70. The number of carbonyl (C=O) groups is 1. The van der Waals surface area contributed by atoms with Gasteiger partial charge in [0.1, 0.15) is 0 Å². The third-order valence-corrected chi connectivity index (χ3v) is 3.70. The van der Waals surface area contributed by atoms with Gasteiger partial charge >= 0.3 is 0 Å². The van der Waals surface area contributed by atoms with E-state index in [1.54, 1.807) is 6.92 Å². The van der Waals surface area contributed by atoms with Gasteiger partial charge in [-0.15, -0.1) is 0 Å². The van der Waals surface area contributed by atoms with Gasteiger partial charge in [-0.3, -0.25) is 4.79 Å². The van der Waals surface area contributed by atoms with Crippen LogP contribution in [-0.4, -0.2) is 23.9 Å². The van der Waals surface area contributed by atoms with Crippen LogP contribution in [0.25, 0.3) is 0 Å². The fraction of sp³-hybridized carbons (Fsp3) is 0.917. The predicted octanol–water partition coefficient (Wildman–Crippen LogP) is 2.68. The highest BCUT2D eigenvalue weighted by Gasteiger charge is 2.25. The number of carbonyl (C=O) groups excluding carboxylic acids is 1.